The highest BCUT2D eigenvalue weighted by molar-refractivity contribution is 14.1. The van der Waals surface area contributed by atoms with Crippen molar-refractivity contribution in [3.05, 3.63) is 74.5 Å². The Morgan fingerprint density at radius 2 is 1.36 bits per heavy atom. The van der Waals surface area contributed by atoms with Crippen LogP contribution in [0.25, 0.3) is 5.70 Å². The van der Waals surface area contributed by atoms with Crippen molar-refractivity contribution in [1.82, 2.24) is 42.4 Å². The highest BCUT2D eigenvalue weighted by Gasteiger charge is 2.61. The van der Waals surface area contributed by atoms with Crippen LogP contribution in [0.1, 0.15) is 63.6 Å². The molecule has 15 nitrogen and oxygen atoms in total. The van der Waals surface area contributed by atoms with Crippen molar-refractivity contribution in [2.75, 3.05) is 20.8 Å². The van der Waals surface area contributed by atoms with Crippen LogP contribution in [0.4, 0.5) is 44.7 Å². The molecule has 1 heterocycles. The highest BCUT2D eigenvalue weighted by Crippen LogP contribution is 2.60. The molecule has 4 amide bonds. The average molecular weight is 1030 g/mol. The largest absolute Gasteiger partial charge is 0.453 e. The molecule has 0 spiro atoms. The summed E-state index contributed by atoms with van der Waals surface area (Å²) in [5, 5.41) is 20.3. The van der Waals surface area contributed by atoms with Crippen molar-refractivity contribution in [2.45, 2.75) is 102 Å². The molecule has 354 valence electrons. The van der Waals surface area contributed by atoms with Crippen LogP contribution in [-0.4, -0.2) is 102 Å². The lowest BCUT2D eigenvalue weighted by Gasteiger charge is -2.64. The van der Waals surface area contributed by atoms with Crippen LogP contribution in [-0.2, 0) is 32.0 Å². The number of aliphatic hydroxyl groups is 1. The number of alkyl carbamates (subject to hydrolysis) is 2. The Kier molecular flexibility index (Phi) is 15.0. The van der Waals surface area contributed by atoms with Crippen molar-refractivity contribution in [1.29, 1.82) is 0 Å². The van der Waals surface area contributed by atoms with Gasteiger partial charge in [0.2, 0.25) is 5.91 Å². The summed E-state index contributed by atoms with van der Waals surface area (Å²) in [5.41, 5.74) is 1.88. The van der Waals surface area contributed by atoms with Gasteiger partial charge in [-0.05, 0) is 112 Å². The van der Waals surface area contributed by atoms with Crippen LogP contribution in [0.5, 0.6) is 0 Å². The summed E-state index contributed by atoms with van der Waals surface area (Å²) in [7, 11) is 1.68. The molecule has 2 aromatic rings. The summed E-state index contributed by atoms with van der Waals surface area (Å²) in [6, 6.07) is 1.85. The number of aliphatic hydroxyl groups excluding tert-OH is 1. The van der Waals surface area contributed by atoms with Crippen LogP contribution in [0.3, 0.4) is 0 Å². The second-order valence-corrected chi connectivity index (χ2v) is 18.5. The lowest BCUT2D eigenvalue weighted by molar-refractivity contribution is -0.221. The van der Waals surface area contributed by atoms with E-state index in [1.807, 2.05) is 38.2 Å². The van der Waals surface area contributed by atoms with Gasteiger partial charge in [-0.15, -0.1) is 5.53 Å². The summed E-state index contributed by atoms with van der Waals surface area (Å²) in [6.07, 6.45) is -11.0. The standard InChI is InChI=1S/C40H49F8IN8O7/c1-36(2,39(43,44)45)30(51-34(61)63-5)32(59)50-27(11-20-7-9-23(49)10-8-20)29(58)19-56(54-33(60)31(52-35(62)64-6)37(3,4)40(46,47)48)17-24-25(41)12-22(13-26(24)42)28-18-57(55-53-28)38-14-21(15-38)16-38/h7-10,12-13,18,21,27,29-31,53,55,58H,11,14-17,19H2,1-6H3,(H,50,59)(H,51,61)(H,52,62)(H,54,60)/t21?,27-,29-,30+,31+,38?/m0/s1. The predicted octanol–water partition coefficient (Wildman–Crippen LogP) is 5.29. The molecule has 3 fully saturated rings. The van der Waals surface area contributed by atoms with Gasteiger partial charge in [-0.25, -0.2) is 23.4 Å². The van der Waals surface area contributed by atoms with Gasteiger partial charge >= 0.3 is 24.5 Å². The smallest absolute Gasteiger partial charge is 0.407 e. The fourth-order valence-electron chi connectivity index (χ4n) is 7.52. The van der Waals surface area contributed by atoms with Crippen LogP contribution >= 0.6 is 22.6 Å². The zero-order valence-electron chi connectivity index (χ0n) is 35.4. The van der Waals surface area contributed by atoms with Gasteiger partial charge in [-0.2, -0.15) is 26.3 Å². The van der Waals surface area contributed by atoms with Gasteiger partial charge in [0, 0.05) is 34.0 Å². The van der Waals surface area contributed by atoms with E-state index in [4.69, 9.17) is 0 Å². The van der Waals surface area contributed by atoms with E-state index < -0.39 is 102 Å². The quantitative estimate of drug-likeness (QED) is 0.0621. The molecule has 4 atom stereocenters. The normalized spacial score (nSPS) is 20.4. The summed E-state index contributed by atoms with van der Waals surface area (Å²) in [4.78, 5) is 52.1. The molecule has 0 saturated heterocycles. The fourth-order valence-corrected chi connectivity index (χ4v) is 7.88. The zero-order valence-corrected chi connectivity index (χ0v) is 37.5. The number of nitrogens with one attached hydrogen (secondary N) is 6. The van der Waals surface area contributed by atoms with E-state index in [2.05, 4.69) is 31.2 Å². The molecule has 1 aliphatic heterocycles. The van der Waals surface area contributed by atoms with Gasteiger partial charge in [-0.3, -0.25) is 20.0 Å². The van der Waals surface area contributed by atoms with Crippen LogP contribution < -0.4 is 32.3 Å². The Balaban J connectivity index is 1.52. The zero-order chi connectivity index (χ0) is 47.7. The molecule has 7 N–H and O–H groups in total. The van der Waals surface area contributed by atoms with E-state index in [-0.39, 0.29) is 17.5 Å². The van der Waals surface area contributed by atoms with Crippen molar-refractivity contribution < 1.29 is 68.9 Å². The van der Waals surface area contributed by atoms with Crippen molar-refractivity contribution >= 4 is 52.3 Å². The minimum absolute atomic E-state index is 0.0578. The Morgan fingerprint density at radius 1 is 0.859 bits per heavy atom. The van der Waals surface area contributed by atoms with Gasteiger partial charge in [0.05, 0.1) is 48.4 Å². The van der Waals surface area contributed by atoms with Gasteiger partial charge in [0.15, 0.2) is 0 Å². The summed E-state index contributed by atoms with van der Waals surface area (Å²) >= 11 is 1.99. The van der Waals surface area contributed by atoms with E-state index in [1.165, 1.54) is 0 Å². The molecule has 64 heavy (non-hydrogen) atoms. The van der Waals surface area contributed by atoms with Gasteiger partial charge in [0.25, 0.3) is 5.91 Å². The van der Waals surface area contributed by atoms with Crippen molar-refractivity contribution in [3.63, 3.8) is 0 Å². The highest BCUT2D eigenvalue weighted by atomic mass is 127. The number of carbonyl (C=O) groups excluding carboxylic acids is 4. The lowest BCUT2D eigenvalue weighted by atomic mass is 9.49. The number of benzene rings is 2. The monoisotopic (exact) mass is 1030 g/mol. The Bertz CT molecular complexity index is 2070. The third-order valence-electron chi connectivity index (χ3n) is 12.0. The first kappa shape index (κ1) is 50.3. The molecular weight excluding hydrogens is 983 g/mol. The van der Waals surface area contributed by atoms with E-state index in [9.17, 15) is 50.6 Å². The topological polar surface area (TPSA) is 186 Å². The van der Waals surface area contributed by atoms with Crippen molar-refractivity contribution in [3.8, 4) is 0 Å². The number of hydrogen-bond acceptors (Lipinski definition) is 11. The summed E-state index contributed by atoms with van der Waals surface area (Å²) in [5.74, 6) is -4.81. The van der Waals surface area contributed by atoms with Crippen LogP contribution in [0.2, 0.25) is 0 Å². The summed E-state index contributed by atoms with van der Waals surface area (Å²) < 4.78 is 128. The first-order chi connectivity index (χ1) is 29.6. The third-order valence-corrected chi connectivity index (χ3v) is 12.8. The molecule has 3 saturated carbocycles. The first-order valence-corrected chi connectivity index (χ1v) is 20.8. The van der Waals surface area contributed by atoms with E-state index in [0.29, 0.717) is 49.9 Å². The maximum atomic E-state index is 16.1. The number of rotatable bonds is 17. The predicted molar refractivity (Wildman–Crippen MR) is 220 cm³/mol. The van der Waals surface area contributed by atoms with Crippen LogP contribution in [0.15, 0.2) is 42.6 Å². The van der Waals surface area contributed by atoms with Crippen LogP contribution in [0, 0.1) is 32.0 Å². The van der Waals surface area contributed by atoms with Crippen molar-refractivity contribution in [2.24, 2.45) is 16.7 Å². The second kappa shape index (κ2) is 19.0. The number of nitrogens with zero attached hydrogens (tertiary/aromatic N) is 2. The first-order valence-electron chi connectivity index (χ1n) is 19.7. The Morgan fingerprint density at radius 3 is 1.81 bits per heavy atom. The maximum absolute atomic E-state index is 16.1. The molecular formula is C40H49F8IN8O7. The molecule has 3 aliphatic carbocycles. The molecule has 0 radical (unpaired) electrons. The number of amides is 4. The SMILES string of the molecule is COC(=O)N[C@H](C(=O)N[C@@H](Cc1ccc(I)cc1)[C@@H](O)CN(Cc1c(F)cc(C2=CN(C34CC(C3)C4)NN2)cc1F)NC(=O)[C@@H](NC(=O)OC)C(C)(C)C(F)(F)F)C(C)(C)C(F)(F)F. The molecule has 24 heteroatoms. The van der Waals surface area contributed by atoms with E-state index >= 15 is 8.78 Å². The number of hydrogen-bond donors (Lipinski definition) is 7. The van der Waals surface area contributed by atoms with Gasteiger partial charge in [0.1, 0.15) is 23.7 Å². The number of carbonyl (C=O) groups is 4. The van der Waals surface area contributed by atoms with Gasteiger partial charge in [-0.1, -0.05) is 12.1 Å². The minimum atomic E-state index is -5.15. The Hall–Kier alpha value is -4.69. The number of alkyl halides is 6. The second-order valence-electron chi connectivity index (χ2n) is 17.2. The number of hydrazine groups is 3. The minimum Gasteiger partial charge on any atom is -0.453 e. The maximum Gasteiger partial charge on any atom is 0.407 e. The lowest BCUT2D eigenvalue weighted by Crippen LogP contribution is -2.69. The third kappa shape index (κ3) is 10.9. The molecule has 0 unspecified atom stereocenters. The number of ether oxygens (including phenoxy) is 2. The fraction of sp³-hybridized carbons (Fsp3) is 0.550. The van der Waals surface area contributed by atoms with Gasteiger partial charge < -0.3 is 36.0 Å². The molecule has 4 aliphatic rings. The average Bonchev–Trinajstić information content (AvgIpc) is 3.64. The number of methoxy groups -OCH3 is 2. The Labute approximate surface area is 376 Å². The molecule has 0 aromatic heterocycles. The molecule has 6 rings (SSSR count). The number of halogens is 9. The van der Waals surface area contributed by atoms with E-state index in [1.54, 1.807) is 30.5 Å². The summed E-state index contributed by atoms with van der Waals surface area (Å²) in [6.45, 7) is 0.477. The van der Waals surface area contributed by atoms with E-state index in [0.717, 1.165) is 49.2 Å². The molecule has 2 bridgehead atoms. The molecule has 2 aromatic carbocycles.